The standard InChI is InChI=1S/C22H14Cl2N4O5/c23-15-8-13(28-22(32)27-19(30)11-25-28)9-16(24)20(15)33-14-6-7-18(29)17(10-14)26-21(31)12-4-2-1-3-5-12/h1-11,29H,(H,26,31)(H,27,30,32). The van der Waals surface area contributed by atoms with Gasteiger partial charge in [-0.1, -0.05) is 41.4 Å². The van der Waals surface area contributed by atoms with Crippen LogP contribution >= 0.6 is 23.2 Å². The summed E-state index contributed by atoms with van der Waals surface area (Å²) < 4.78 is 6.69. The Hall–Kier alpha value is -4.08. The molecule has 9 nitrogen and oxygen atoms in total. The number of hydrogen-bond donors (Lipinski definition) is 3. The van der Waals surface area contributed by atoms with Gasteiger partial charge in [0, 0.05) is 11.6 Å². The van der Waals surface area contributed by atoms with Crippen LogP contribution in [0.1, 0.15) is 10.4 Å². The fraction of sp³-hybridized carbons (Fsp3) is 0. The summed E-state index contributed by atoms with van der Waals surface area (Å²) in [5.74, 6) is -0.275. The third kappa shape index (κ3) is 4.89. The molecule has 0 radical (unpaired) electrons. The molecule has 11 heteroatoms. The average Bonchev–Trinajstić information content (AvgIpc) is 2.78. The van der Waals surface area contributed by atoms with E-state index in [1.807, 2.05) is 0 Å². The van der Waals surface area contributed by atoms with E-state index < -0.39 is 17.2 Å². The molecular formula is C22H14Cl2N4O5. The molecule has 0 saturated heterocycles. The molecule has 0 aliphatic carbocycles. The summed E-state index contributed by atoms with van der Waals surface area (Å²) in [4.78, 5) is 37.7. The first kappa shape index (κ1) is 22.1. The molecule has 0 aliphatic heterocycles. The van der Waals surface area contributed by atoms with Crippen LogP contribution in [0.2, 0.25) is 10.0 Å². The maximum atomic E-state index is 12.4. The molecule has 3 N–H and O–H groups in total. The van der Waals surface area contributed by atoms with Crippen LogP contribution in [0.25, 0.3) is 5.69 Å². The van der Waals surface area contributed by atoms with Crippen LogP contribution in [0.15, 0.2) is 76.4 Å². The van der Waals surface area contributed by atoms with Gasteiger partial charge >= 0.3 is 5.69 Å². The number of phenols is 1. The summed E-state index contributed by atoms with van der Waals surface area (Å²) in [6, 6.07) is 15.5. The lowest BCUT2D eigenvalue weighted by atomic mass is 10.2. The zero-order valence-electron chi connectivity index (χ0n) is 16.6. The summed E-state index contributed by atoms with van der Waals surface area (Å²) in [7, 11) is 0. The number of hydrogen-bond acceptors (Lipinski definition) is 6. The van der Waals surface area contributed by atoms with Crippen molar-refractivity contribution < 1.29 is 14.6 Å². The molecule has 4 aromatic rings. The van der Waals surface area contributed by atoms with Crippen molar-refractivity contribution in [1.82, 2.24) is 14.8 Å². The van der Waals surface area contributed by atoms with E-state index >= 15 is 0 Å². The number of nitrogens with zero attached hydrogens (tertiary/aromatic N) is 2. The smallest absolute Gasteiger partial charge is 0.349 e. The molecule has 1 amide bonds. The lowest BCUT2D eigenvalue weighted by Gasteiger charge is -2.14. The van der Waals surface area contributed by atoms with Crippen molar-refractivity contribution >= 4 is 34.8 Å². The van der Waals surface area contributed by atoms with Gasteiger partial charge in [-0.3, -0.25) is 14.6 Å². The molecule has 1 heterocycles. The molecule has 4 rings (SSSR count). The summed E-state index contributed by atoms with van der Waals surface area (Å²) in [5.41, 5.74) is -0.665. The van der Waals surface area contributed by atoms with Crippen LogP contribution in [0.3, 0.4) is 0 Å². The number of H-pyrrole nitrogens is 1. The predicted octanol–water partition coefficient (Wildman–Crippen LogP) is 3.98. The molecule has 166 valence electrons. The number of carbonyl (C=O) groups excluding carboxylic acids is 1. The van der Waals surface area contributed by atoms with E-state index in [1.165, 1.54) is 30.3 Å². The highest BCUT2D eigenvalue weighted by Gasteiger charge is 2.15. The summed E-state index contributed by atoms with van der Waals surface area (Å²) in [6.07, 6.45) is 0.940. The highest BCUT2D eigenvalue weighted by Crippen LogP contribution is 2.39. The zero-order valence-corrected chi connectivity index (χ0v) is 18.1. The first-order valence-corrected chi connectivity index (χ1v) is 10.1. The van der Waals surface area contributed by atoms with E-state index in [0.29, 0.717) is 5.56 Å². The van der Waals surface area contributed by atoms with E-state index in [0.717, 1.165) is 10.9 Å². The number of anilines is 1. The van der Waals surface area contributed by atoms with E-state index in [2.05, 4.69) is 15.4 Å². The fourth-order valence-electron chi connectivity index (χ4n) is 2.88. The second-order valence-electron chi connectivity index (χ2n) is 6.69. The number of aromatic nitrogens is 3. The van der Waals surface area contributed by atoms with E-state index in [9.17, 15) is 19.5 Å². The lowest BCUT2D eigenvalue weighted by Crippen LogP contribution is -2.30. The number of nitrogens with one attached hydrogen (secondary N) is 2. The minimum Gasteiger partial charge on any atom is -0.506 e. The van der Waals surface area contributed by atoms with Crippen LogP contribution in [-0.4, -0.2) is 25.8 Å². The normalized spacial score (nSPS) is 10.6. The Bertz CT molecular complexity index is 1440. The number of benzene rings is 3. The molecule has 0 spiro atoms. The lowest BCUT2D eigenvalue weighted by molar-refractivity contribution is 0.102. The maximum Gasteiger partial charge on any atom is 0.349 e. The number of carbonyl (C=O) groups is 1. The second kappa shape index (κ2) is 9.19. The van der Waals surface area contributed by atoms with Crippen molar-refractivity contribution in [2.75, 3.05) is 5.32 Å². The quantitative estimate of drug-likeness (QED) is 0.367. The SMILES string of the molecule is O=C(Nc1cc(Oc2c(Cl)cc(-n3ncc(=O)[nH]c3=O)cc2Cl)ccc1O)c1ccccc1. The molecule has 3 aromatic carbocycles. The fourth-order valence-corrected chi connectivity index (χ4v) is 3.44. The summed E-state index contributed by atoms with van der Waals surface area (Å²) in [6.45, 7) is 0. The molecule has 0 aliphatic rings. The molecule has 1 aromatic heterocycles. The van der Waals surface area contributed by atoms with Crippen molar-refractivity contribution in [1.29, 1.82) is 0 Å². The van der Waals surface area contributed by atoms with Gasteiger partial charge in [0.25, 0.3) is 11.5 Å². The van der Waals surface area contributed by atoms with Crippen molar-refractivity contribution in [3.63, 3.8) is 0 Å². The Morgan fingerprint density at radius 1 is 1.03 bits per heavy atom. The van der Waals surface area contributed by atoms with Gasteiger partial charge in [-0.25, -0.2) is 4.79 Å². The van der Waals surface area contributed by atoms with Gasteiger partial charge < -0.3 is 15.2 Å². The number of ether oxygens (including phenoxy) is 1. The van der Waals surface area contributed by atoms with Crippen molar-refractivity contribution in [3.05, 3.63) is 103 Å². The van der Waals surface area contributed by atoms with Gasteiger partial charge in [0.2, 0.25) is 0 Å². The zero-order chi connectivity index (χ0) is 23.5. The Morgan fingerprint density at radius 3 is 2.39 bits per heavy atom. The third-order valence-corrected chi connectivity index (χ3v) is 4.97. The number of amides is 1. The first-order chi connectivity index (χ1) is 15.8. The van der Waals surface area contributed by atoms with E-state index in [-0.39, 0.29) is 38.7 Å². The molecular weight excluding hydrogens is 471 g/mol. The van der Waals surface area contributed by atoms with E-state index in [4.69, 9.17) is 27.9 Å². The summed E-state index contributed by atoms with van der Waals surface area (Å²) >= 11 is 12.6. The van der Waals surface area contributed by atoms with Crippen LogP contribution < -0.4 is 21.3 Å². The number of phenolic OH excluding ortho intramolecular Hbond substituents is 1. The Labute approximate surface area is 195 Å². The highest BCUT2D eigenvalue weighted by molar-refractivity contribution is 6.37. The second-order valence-corrected chi connectivity index (χ2v) is 7.50. The molecule has 0 saturated carbocycles. The maximum absolute atomic E-state index is 12.4. The molecule has 0 atom stereocenters. The van der Waals surface area contributed by atoms with Crippen LogP contribution in [0.4, 0.5) is 5.69 Å². The Morgan fingerprint density at radius 2 is 1.73 bits per heavy atom. The van der Waals surface area contributed by atoms with Gasteiger partial charge in [0.05, 0.1) is 21.4 Å². The predicted molar refractivity (Wildman–Crippen MR) is 123 cm³/mol. The monoisotopic (exact) mass is 484 g/mol. The van der Waals surface area contributed by atoms with Gasteiger partial charge in [0.1, 0.15) is 17.7 Å². The summed E-state index contributed by atoms with van der Waals surface area (Å²) in [5, 5.41) is 16.6. The molecule has 0 unspecified atom stereocenters. The van der Waals surface area contributed by atoms with E-state index in [1.54, 1.807) is 30.3 Å². The van der Waals surface area contributed by atoms with Crippen molar-refractivity contribution in [3.8, 4) is 22.9 Å². The highest BCUT2D eigenvalue weighted by atomic mass is 35.5. The van der Waals surface area contributed by atoms with Gasteiger partial charge in [0.15, 0.2) is 5.75 Å². The molecule has 0 fully saturated rings. The van der Waals surface area contributed by atoms with Gasteiger partial charge in [-0.2, -0.15) is 9.78 Å². The number of aromatic hydroxyl groups is 1. The van der Waals surface area contributed by atoms with Gasteiger partial charge in [-0.15, -0.1) is 0 Å². The minimum atomic E-state index is -0.763. The number of rotatable bonds is 5. The Balaban J connectivity index is 1.61. The van der Waals surface area contributed by atoms with Crippen molar-refractivity contribution in [2.24, 2.45) is 0 Å². The molecule has 0 bridgehead atoms. The van der Waals surface area contributed by atoms with Crippen LogP contribution in [0.5, 0.6) is 17.2 Å². The topological polar surface area (TPSA) is 126 Å². The largest absolute Gasteiger partial charge is 0.506 e. The Kier molecular flexibility index (Phi) is 6.16. The number of aromatic amines is 1. The minimum absolute atomic E-state index is 0.0559. The third-order valence-electron chi connectivity index (χ3n) is 4.41. The van der Waals surface area contributed by atoms with Crippen LogP contribution in [0, 0.1) is 0 Å². The first-order valence-electron chi connectivity index (χ1n) is 9.37. The average molecular weight is 485 g/mol. The van der Waals surface area contributed by atoms with Crippen LogP contribution in [-0.2, 0) is 0 Å². The number of halogens is 2. The van der Waals surface area contributed by atoms with Crippen molar-refractivity contribution in [2.45, 2.75) is 0 Å². The molecule has 33 heavy (non-hydrogen) atoms. The van der Waals surface area contributed by atoms with Gasteiger partial charge in [-0.05, 0) is 36.4 Å².